The van der Waals surface area contributed by atoms with Gasteiger partial charge in [0.05, 0.1) is 23.3 Å². The second kappa shape index (κ2) is 7.26. The Morgan fingerprint density at radius 1 is 1.10 bits per heavy atom. The van der Waals surface area contributed by atoms with Gasteiger partial charge in [0.25, 0.3) is 0 Å². The third-order valence-corrected chi connectivity index (χ3v) is 5.53. The van der Waals surface area contributed by atoms with Crippen molar-refractivity contribution in [3.8, 4) is 6.07 Å². The molecular weight excluding hydrogens is 364 g/mol. The molecule has 1 saturated carbocycles. The Labute approximate surface area is 169 Å². The maximum atomic E-state index is 9.42. The van der Waals surface area contributed by atoms with Gasteiger partial charge in [0.2, 0.25) is 0 Å². The van der Waals surface area contributed by atoms with E-state index in [4.69, 9.17) is 0 Å². The van der Waals surface area contributed by atoms with E-state index in [2.05, 4.69) is 61.8 Å². The molecule has 3 aromatic rings. The van der Waals surface area contributed by atoms with Crippen molar-refractivity contribution < 1.29 is 0 Å². The molecule has 5 rings (SSSR count). The monoisotopic (exact) mass is 388 g/mol. The summed E-state index contributed by atoms with van der Waals surface area (Å²) in [5, 5.41) is 21.1. The smallest absolute Gasteiger partial charge is 0.178 e. The minimum Gasteiger partial charge on any atom is -0.379 e. The Kier molecular flexibility index (Phi) is 4.45. The summed E-state index contributed by atoms with van der Waals surface area (Å²) in [6.45, 7) is 4.09. The summed E-state index contributed by atoms with van der Waals surface area (Å²) in [6.07, 6.45) is 3.90. The van der Waals surface area contributed by atoms with Crippen molar-refractivity contribution in [2.75, 3.05) is 48.8 Å². The van der Waals surface area contributed by atoms with Crippen LogP contribution >= 0.6 is 0 Å². The molecule has 148 valence electrons. The molecule has 2 N–H and O–H groups in total. The van der Waals surface area contributed by atoms with Crippen molar-refractivity contribution in [3.63, 3.8) is 0 Å². The number of aromatic nitrogens is 3. The van der Waals surface area contributed by atoms with Gasteiger partial charge in [0.15, 0.2) is 17.2 Å². The first-order valence-corrected chi connectivity index (χ1v) is 10.1. The van der Waals surface area contributed by atoms with Crippen LogP contribution in [0.25, 0.3) is 5.65 Å². The molecule has 1 aliphatic carbocycles. The third kappa shape index (κ3) is 3.57. The summed E-state index contributed by atoms with van der Waals surface area (Å²) in [4.78, 5) is 9.14. The van der Waals surface area contributed by atoms with Crippen molar-refractivity contribution in [2.45, 2.75) is 18.9 Å². The van der Waals surface area contributed by atoms with Crippen molar-refractivity contribution >= 4 is 28.5 Å². The molecule has 2 fully saturated rings. The van der Waals surface area contributed by atoms with Crippen LogP contribution in [0, 0.1) is 11.3 Å². The van der Waals surface area contributed by atoms with E-state index in [1.54, 1.807) is 10.7 Å². The molecule has 2 aromatic heterocycles. The van der Waals surface area contributed by atoms with Crippen LogP contribution in [0.2, 0.25) is 0 Å². The van der Waals surface area contributed by atoms with E-state index in [0.717, 1.165) is 50.4 Å². The molecule has 0 atom stereocenters. The molecule has 8 nitrogen and oxygen atoms in total. The highest BCUT2D eigenvalue weighted by molar-refractivity contribution is 5.78. The average molecular weight is 388 g/mol. The number of hydrogen-bond donors (Lipinski definition) is 2. The van der Waals surface area contributed by atoms with Gasteiger partial charge in [-0.1, -0.05) is 12.1 Å². The van der Waals surface area contributed by atoms with E-state index >= 15 is 0 Å². The topological polar surface area (TPSA) is 84.5 Å². The molecule has 1 saturated heterocycles. The average Bonchev–Trinajstić information content (AvgIpc) is 3.45. The highest BCUT2D eigenvalue weighted by atomic mass is 15.3. The van der Waals surface area contributed by atoms with E-state index in [1.807, 2.05) is 12.1 Å². The number of piperazine rings is 1. The summed E-state index contributed by atoms with van der Waals surface area (Å²) in [7, 11) is 2.16. The number of fused-ring (bicyclic) bond motifs is 1. The summed E-state index contributed by atoms with van der Waals surface area (Å²) in [6, 6.07) is 13.0. The van der Waals surface area contributed by atoms with Crippen LogP contribution in [0.4, 0.5) is 22.9 Å². The highest BCUT2D eigenvalue weighted by Crippen LogP contribution is 2.32. The van der Waals surface area contributed by atoms with Crippen molar-refractivity contribution in [2.24, 2.45) is 0 Å². The predicted octanol–water partition coefficient (Wildman–Crippen LogP) is 2.67. The molecule has 1 aliphatic heterocycles. The van der Waals surface area contributed by atoms with Crippen molar-refractivity contribution in [1.29, 1.82) is 5.26 Å². The van der Waals surface area contributed by atoms with E-state index in [-0.39, 0.29) is 0 Å². The Bertz CT molecular complexity index is 1070. The molecule has 2 aliphatic rings. The summed E-state index contributed by atoms with van der Waals surface area (Å²) < 4.78 is 1.62. The van der Waals surface area contributed by atoms with Gasteiger partial charge in [0, 0.05) is 38.3 Å². The Morgan fingerprint density at radius 3 is 2.66 bits per heavy atom. The van der Waals surface area contributed by atoms with E-state index < -0.39 is 0 Å². The summed E-state index contributed by atoms with van der Waals surface area (Å²) >= 11 is 0. The van der Waals surface area contributed by atoms with Gasteiger partial charge in [0.1, 0.15) is 6.07 Å². The van der Waals surface area contributed by atoms with Gasteiger partial charge < -0.3 is 20.4 Å². The predicted molar refractivity (Wildman–Crippen MR) is 114 cm³/mol. The Balaban J connectivity index is 1.50. The minimum atomic E-state index is 0.426. The standard InChI is InChI=1S/C21H24N8/c1-27-8-10-28(11-9-27)19-5-3-2-4-17(19)25-20-12-18(24-15-6-7-15)21-23-14-16(13-22)29(21)26-20/h2-5,12,14-15,24H,6-11H2,1H3,(H,25,26). The molecule has 8 heteroatoms. The second-order valence-corrected chi connectivity index (χ2v) is 7.78. The van der Waals surface area contributed by atoms with Gasteiger partial charge >= 0.3 is 0 Å². The van der Waals surface area contributed by atoms with Gasteiger partial charge in [-0.3, -0.25) is 0 Å². The van der Waals surface area contributed by atoms with E-state index in [0.29, 0.717) is 23.2 Å². The maximum Gasteiger partial charge on any atom is 0.178 e. The number of nitrogens with zero attached hydrogens (tertiary/aromatic N) is 6. The molecular formula is C21H24N8. The molecule has 3 heterocycles. The lowest BCUT2D eigenvalue weighted by Gasteiger charge is -2.35. The molecule has 0 radical (unpaired) electrons. The van der Waals surface area contributed by atoms with Crippen molar-refractivity contribution in [1.82, 2.24) is 19.5 Å². The molecule has 0 unspecified atom stereocenters. The lowest BCUT2D eigenvalue weighted by atomic mass is 10.2. The fraction of sp³-hybridized carbons (Fsp3) is 0.381. The lowest BCUT2D eigenvalue weighted by Crippen LogP contribution is -2.44. The summed E-state index contributed by atoms with van der Waals surface area (Å²) in [5.74, 6) is 0.691. The zero-order valence-electron chi connectivity index (χ0n) is 16.5. The number of hydrogen-bond acceptors (Lipinski definition) is 7. The van der Waals surface area contributed by atoms with Crippen LogP contribution < -0.4 is 15.5 Å². The number of rotatable bonds is 5. The van der Waals surface area contributed by atoms with Crippen LogP contribution in [0.1, 0.15) is 18.5 Å². The first-order valence-electron chi connectivity index (χ1n) is 10.1. The summed E-state index contributed by atoms with van der Waals surface area (Å²) in [5.41, 5.74) is 4.20. The van der Waals surface area contributed by atoms with Crippen LogP contribution in [0.5, 0.6) is 0 Å². The minimum absolute atomic E-state index is 0.426. The van der Waals surface area contributed by atoms with Crippen molar-refractivity contribution in [3.05, 3.63) is 42.2 Å². The molecule has 0 spiro atoms. The first-order chi connectivity index (χ1) is 14.2. The number of imidazole rings is 1. The zero-order valence-corrected chi connectivity index (χ0v) is 16.5. The van der Waals surface area contributed by atoms with Crippen LogP contribution in [-0.4, -0.2) is 58.8 Å². The van der Waals surface area contributed by atoms with Gasteiger partial charge in [-0.05, 0) is 32.0 Å². The number of benzene rings is 1. The first kappa shape index (κ1) is 17.8. The van der Waals surface area contributed by atoms with Gasteiger partial charge in [-0.15, -0.1) is 5.10 Å². The van der Waals surface area contributed by atoms with Gasteiger partial charge in [-0.25, -0.2) is 4.98 Å². The molecule has 29 heavy (non-hydrogen) atoms. The second-order valence-electron chi connectivity index (χ2n) is 7.78. The SMILES string of the molecule is CN1CCN(c2ccccc2Nc2cc(NC3CC3)c3ncc(C#N)n3n2)CC1. The Morgan fingerprint density at radius 2 is 1.90 bits per heavy atom. The number of para-hydroxylation sites is 2. The fourth-order valence-corrected chi connectivity index (χ4v) is 3.70. The molecule has 0 bridgehead atoms. The number of nitrogens with one attached hydrogen (secondary N) is 2. The highest BCUT2D eigenvalue weighted by Gasteiger charge is 2.23. The molecule has 1 aromatic carbocycles. The number of likely N-dealkylation sites (N-methyl/N-ethyl adjacent to an activating group) is 1. The third-order valence-electron chi connectivity index (χ3n) is 5.53. The normalized spacial score (nSPS) is 17.3. The maximum absolute atomic E-state index is 9.42. The van der Waals surface area contributed by atoms with Crippen LogP contribution in [0.3, 0.4) is 0 Å². The van der Waals surface area contributed by atoms with E-state index in [1.165, 1.54) is 5.69 Å². The Hall–Kier alpha value is -3.31. The zero-order chi connectivity index (χ0) is 19.8. The largest absolute Gasteiger partial charge is 0.379 e. The fourth-order valence-electron chi connectivity index (χ4n) is 3.70. The lowest BCUT2D eigenvalue weighted by molar-refractivity contribution is 0.313. The number of anilines is 4. The molecule has 0 amide bonds. The quantitative estimate of drug-likeness (QED) is 0.695. The van der Waals surface area contributed by atoms with Crippen LogP contribution in [0.15, 0.2) is 36.5 Å². The van der Waals surface area contributed by atoms with Crippen LogP contribution in [-0.2, 0) is 0 Å². The van der Waals surface area contributed by atoms with E-state index in [9.17, 15) is 5.26 Å². The van der Waals surface area contributed by atoms with Gasteiger partial charge in [-0.2, -0.15) is 9.78 Å². The number of nitriles is 1.